The topological polar surface area (TPSA) is 64.2 Å². The number of aryl methyl sites for hydroxylation is 1. The van der Waals surface area contributed by atoms with Crippen LogP contribution in [0.5, 0.6) is 0 Å². The molecule has 0 aliphatic heterocycles. The molecule has 1 heterocycles. The van der Waals surface area contributed by atoms with Crippen molar-refractivity contribution in [1.29, 1.82) is 0 Å². The van der Waals surface area contributed by atoms with Crippen LogP contribution < -0.4 is 5.73 Å². The first kappa shape index (κ1) is 13.4. The molecule has 2 aromatic rings. The summed E-state index contributed by atoms with van der Waals surface area (Å²) in [5.74, 6) is -0.201. The van der Waals surface area contributed by atoms with E-state index < -0.39 is 0 Å². The molecule has 1 aromatic heterocycles. The number of carbonyl (C=O) groups excluding carboxylic acids is 1. The molecule has 0 radical (unpaired) electrons. The smallest absolute Gasteiger partial charge is 0.276 e. The third kappa shape index (κ3) is 3.06. The number of benzene rings is 1. The van der Waals surface area contributed by atoms with Gasteiger partial charge in [0.15, 0.2) is 5.69 Å². The van der Waals surface area contributed by atoms with Gasteiger partial charge >= 0.3 is 0 Å². The molecule has 0 bridgehead atoms. The monoisotopic (exact) mass is 278 g/mol. The number of halogens is 1. The largest absolute Gasteiger partial charge is 0.396 e. The second-order valence-electron chi connectivity index (χ2n) is 4.39. The van der Waals surface area contributed by atoms with Crippen LogP contribution in [-0.2, 0) is 13.6 Å². The van der Waals surface area contributed by atoms with Crippen LogP contribution in [0.2, 0.25) is 5.02 Å². The number of amides is 1. The zero-order chi connectivity index (χ0) is 14.0. The molecular formula is C13H15ClN4O. The molecule has 0 atom stereocenters. The van der Waals surface area contributed by atoms with Gasteiger partial charge in [-0.05, 0) is 17.7 Å². The molecule has 0 unspecified atom stereocenters. The van der Waals surface area contributed by atoms with E-state index in [-0.39, 0.29) is 11.6 Å². The minimum atomic E-state index is -0.201. The van der Waals surface area contributed by atoms with Crippen molar-refractivity contribution in [3.63, 3.8) is 0 Å². The second-order valence-corrected chi connectivity index (χ2v) is 4.83. The summed E-state index contributed by atoms with van der Waals surface area (Å²) >= 11 is 5.82. The Hall–Kier alpha value is -2.01. The van der Waals surface area contributed by atoms with Crippen molar-refractivity contribution in [1.82, 2.24) is 14.7 Å². The van der Waals surface area contributed by atoms with Gasteiger partial charge in [0, 0.05) is 31.9 Å². The van der Waals surface area contributed by atoms with E-state index in [2.05, 4.69) is 5.10 Å². The summed E-state index contributed by atoms with van der Waals surface area (Å²) in [5, 5.41) is 4.74. The van der Waals surface area contributed by atoms with Gasteiger partial charge < -0.3 is 10.6 Å². The lowest BCUT2D eigenvalue weighted by Gasteiger charge is -2.16. The van der Waals surface area contributed by atoms with E-state index in [1.54, 1.807) is 37.3 Å². The zero-order valence-electron chi connectivity index (χ0n) is 10.8. The van der Waals surface area contributed by atoms with E-state index in [0.29, 0.717) is 17.3 Å². The Morgan fingerprint density at radius 2 is 2.05 bits per heavy atom. The molecule has 2 rings (SSSR count). The van der Waals surface area contributed by atoms with Gasteiger partial charge in [-0.2, -0.15) is 5.10 Å². The number of nitrogen functional groups attached to an aromatic ring is 1. The molecule has 6 heteroatoms. The van der Waals surface area contributed by atoms with Crippen molar-refractivity contribution in [3.05, 3.63) is 46.7 Å². The number of anilines is 1. The average Bonchev–Trinajstić information content (AvgIpc) is 2.70. The molecule has 19 heavy (non-hydrogen) atoms. The van der Waals surface area contributed by atoms with Gasteiger partial charge in [0.05, 0.1) is 5.69 Å². The Kier molecular flexibility index (Phi) is 3.76. The zero-order valence-corrected chi connectivity index (χ0v) is 11.6. The minimum Gasteiger partial charge on any atom is -0.396 e. The maximum absolute atomic E-state index is 12.2. The summed E-state index contributed by atoms with van der Waals surface area (Å²) in [6, 6.07) is 7.36. The fraction of sp³-hybridized carbons (Fsp3) is 0.231. The fourth-order valence-electron chi connectivity index (χ4n) is 1.79. The Morgan fingerprint density at radius 1 is 1.42 bits per heavy atom. The van der Waals surface area contributed by atoms with Crippen molar-refractivity contribution in [2.45, 2.75) is 6.54 Å². The number of hydrogen-bond donors (Lipinski definition) is 1. The first-order valence-corrected chi connectivity index (χ1v) is 6.14. The molecule has 0 spiro atoms. The summed E-state index contributed by atoms with van der Waals surface area (Å²) in [4.78, 5) is 13.8. The van der Waals surface area contributed by atoms with E-state index in [1.165, 1.54) is 4.68 Å². The van der Waals surface area contributed by atoms with E-state index >= 15 is 0 Å². The molecule has 5 nitrogen and oxygen atoms in total. The highest BCUT2D eigenvalue weighted by Crippen LogP contribution is 2.14. The lowest BCUT2D eigenvalue weighted by atomic mass is 10.2. The number of rotatable bonds is 3. The van der Waals surface area contributed by atoms with Crippen LogP contribution in [0.4, 0.5) is 5.69 Å². The lowest BCUT2D eigenvalue weighted by Crippen LogP contribution is -2.27. The van der Waals surface area contributed by atoms with Crippen molar-refractivity contribution >= 4 is 23.2 Å². The van der Waals surface area contributed by atoms with Gasteiger partial charge in [-0.3, -0.25) is 9.48 Å². The number of aromatic nitrogens is 2. The molecule has 0 aliphatic rings. The van der Waals surface area contributed by atoms with E-state index in [4.69, 9.17) is 17.3 Å². The van der Waals surface area contributed by atoms with Crippen LogP contribution in [0, 0.1) is 0 Å². The van der Waals surface area contributed by atoms with Crippen LogP contribution >= 0.6 is 11.6 Å². The maximum atomic E-state index is 12.2. The number of nitrogens with two attached hydrogens (primary N) is 1. The van der Waals surface area contributed by atoms with Crippen molar-refractivity contribution in [2.75, 3.05) is 12.8 Å². The molecule has 0 saturated heterocycles. The number of carbonyl (C=O) groups is 1. The van der Waals surface area contributed by atoms with Crippen LogP contribution in [0.25, 0.3) is 0 Å². The average molecular weight is 279 g/mol. The number of hydrogen-bond acceptors (Lipinski definition) is 3. The van der Waals surface area contributed by atoms with Gasteiger partial charge in [0.2, 0.25) is 0 Å². The van der Waals surface area contributed by atoms with E-state index in [0.717, 1.165) is 5.56 Å². The highest BCUT2D eigenvalue weighted by Gasteiger charge is 2.18. The van der Waals surface area contributed by atoms with Crippen molar-refractivity contribution < 1.29 is 4.79 Å². The maximum Gasteiger partial charge on any atom is 0.276 e. The summed E-state index contributed by atoms with van der Waals surface area (Å²) in [6.45, 7) is 0.478. The quantitative estimate of drug-likeness (QED) is 0.933. The Balaban J connectivity index is 2.11. The predicted molar refractivity (Wildman–Crippen MR) is 74.9 cm³/mol. The first-order chi connectivity index (χ1) is 8.97. The molecule has 2 N–H and O–H groups in total. The van der Waals surface area contributed by atoms with Crippen LogP contribution in [0.1, 0.15) is 16.1 Å². The highest BCUT2D eigenvalue weighted by atomic mass is 35.5. The van der Waals surface area contributed by atoms with E-state index in [1.807, 2.05) is 12.1 Å². The van der Waals surface area contributed by atoms with Gasteiger partial charge in [-0.1, -0.05) is 23.7 Å². The van der Waals surface area contributed by atoms with E-state index in [9.17, 15) is 4.79 Å². The van der Waals surface area contributed by atoms with Crippen molar-refractivity contribution in [3.8, 4) is 0 Å². The third-order valence-corrected chi connectivity index (χ3v) is 2.99. The first-order valence-electron chi connectivity index (χ1n) is 5.76. The molecule has 0 aliphatic carbocycles. The third-order valence-electron chi connectivity index (χ3n) is 2.74. The molecule has 1 aromatic carbocycles. The molecular weight excluding hydrogens is 264 g/mol. The van der Waals surface area contributed by atoms with Gasteiger partial charge in [0.25, 0.3) is 5.91 Å². The van der Waals surface area contributed by atoms with Gasteiger partial charge in [-0.15, -0.1) is 0 Å². The van der Waals surface area contributed by atoms with Gasteiger partial charge in [-0.25, -0.2) is 0 Å². The molecule has 1 amide bonds. The Bertz CT molecular complexity index is 591. The van der Waals surface area contributed by atoms with Crippen molar-refractivity contribution in [2.24, 2.45) is 7.05 Å². The normalized spacial score (nSPS) is 10.5. The SMILES string of the molecule is CN(Cc1ccc(Cl)cc1)C(=O)c1nn(C)cc1N. The standard InChI is InChI=1S/C13H15ClN4O/c1-17(7-9-3-5-10(14)6-4-9)13(19)12-11(15)8-18(2)16-12/h3-6,8H,7,15H2,1-2H3. The second kappa shape index (κ2) is 5.32. The van der Waals surface area contributed by atoms with Gasteiger partial charge in [0.1, 0.15) is 0 Å². The Labute approximate surface area is 116 Å². The fourth-order valence-corrected chi connectivity index (χ4v) is 1.92. The highest BCUT2D eigenvalue weighted by molar-refractivity contribution is 6.30. The van der Waals surface area contributed by atoms with Crippen LogP contribution in [-0.4, -0.2) is 27.6 Å². The summed E-state index contributed by atoms with van der Waals surface area (Å²) < 4.78 is 1.53. The molecule has 0 saturated carbocycles. The summed E-state index contributed by atoms with van der Waals surface area (Å²) in [7, 11) is 3.44. The number of nitrogens with zero attached hydrogens (tertiary/aromatic N) is 3. The Morgan fingerprint density at radius 3 is 2.58 bits per heavy atom. The lowest BCUT2D eigenvalue weighted by molar-refractivity contribution is 0.0779. The molecule has 0 fully saturated rings. The molecule has 100 valence electrons. The van der Waals surface area contributed by atoms with Crippen LogP contribution in [0.15, 0.2) is 30.5 Å². The summed E-state index contributed by atoms with van der Waals surface area (Å²) in [6.07, 6.45) is 1.61. The van der Waals surface area contributed by atoms with Crippen LogP contribution in [0.3, 0.4) is 0 Å². The minimum absolute atomic E-state index is 0.201. The summed E-state index contributed by atoms with van der Waals surface area (Å²) in [5.41, 5.74) is 7.40. The predicted octanol–water partition coefficient (Wildman–Crippen LogP) is 1.93.